The number of benzene rings is 1. The molecule has 3 rings (SSSR count). The number of primary amides is 1. The molecule has 29 heavy (non-hydrogen) atoms. The number of fused-ring (bicyclic) bond motifs is 1. The summed E-state index contributed by atoms with van der Waals surface area (Å²) in [5.74, 6) is -0.361. The number of carbonyl (C=O) groups is 2. The molecule has 0 fully saturated rings. The van der Waals surface area contributed by atoms with Crippen molar-refractivity contribution < 1.29 is 14.3 Å². The number of nitrogens with two attached hydrogens (primary N) is 1. The molecule has 0 spiro atoms. The van der Waals surface area contributed by atoms with Crippen LogP contribution in [0.25, 0.3) is 0 Å². The average Bonchev–Trinajstić information content (AvgIpc) is 3.01. The normalized spacial score (nSPS) is 13.6. The van der Waals surface area contributed by atoms with Crippen LogP contribution in [-0.4, -0.2) is 43.4 Å². The van der Waals surface area contributed by atoms with E-state index in [2.05, 4.69) is 4.90 Å². The Morgan fingerprint density at radius 3 is 2.62 bits per heavy atom. The van der Waals surface area contributed by atoms with Crippen molar-refractivity contribution >= 4 is 47.0 Å². The smallest absolute Gasteiger partial charge is 0.250 e. The summed E-state index contributed by atoms with van der Waals surface area (Å²) in [5, 5.41) is 0.646. The van der Waals surface area contributed by atoms with E-state index in [9.17, 15) is 9.59 Å². The fourth-order valence-electron chi connectivity index (χ4n) is 3.62. The lowest BCUT2D eigenvalue weighted by Crippen LogP contribution is -2.32. The van der Waals surface area contributed by atoms with Crippen LogP contribution in [0.5, 0.6) is 0 Å². The molecule has 1 aromatic heterocycles. The van der Waals surface area contributed by atoms with Gasteiger partial charge in [-0.1, -0.05) is 23.7 Å². The molecule has 1 aliphatic heterocycles. The maximum absolute atomic E-state index is 12.6. The Bertz CT molecular complexity index is 852. The van der Waals surface area contributed by atoms with Crippen molar-refractivity contribution in [2.75, 3.05) is 26.8 Å². The van der Waals surface area contributed by atoms with Crippen LogP contribution in [-0.2, 0) is 35.3 Å². The number of carbonyl (C=O) groups excluding carboxylic acids is 2. The Hall–Kier alpha value is -1.44. The van der Waals surface area contributed by atoms with Crippen LogP contribution < -0.4 is 5.73 Å². The van der Waals surface area contributed by atoms with E-state index in [-0.39, 0.29) is 24.6 Å². The molecule has 0 saturated heterocycles. The Labute approximate surface area is 186 Å². The zero-order valence-corrected chi connectivity index (χ0v) is 18.8. The van der Waals surface area contributed by atoms with Gasteiger partial charge in [-0.05, 0) is 36.1 Å². The van der Waals surface area contributed by atoms with Crippen molar-refractivity contribution in [1.82, 2.24) is 4.90 Å². The van der Waals surface area contributed by atoms with Gasteiger partial charge in [-0.15, -0.1) is 23.7 Å². The first-order chi connectivity index (χ1) is 13.5. The van der Waals surface area contributed by atoms with E-state index in [1.54, 1.807) is 30.6 Å². The predicted octanol–water partition coefficient (Wildman–Crippen LogP) is 3.67. The maximum Gasteiger partial charge on any atom is 0.250 e. The van der Waals surface area contributed by atoms with Gasteiger partial charge in [0, 0.05) is 61.0 Å². The van der Waals surface area contributed by atoms with Crippen LogP contribution >= 0.6 is 35.3 Å². The zero-order chi connectivity index (χ0) is 20.1. The van der Waals surface area contributed by atoms with Gasteiger partial charge < -0.3 is 10.5 Å². The lowest BCUT2D eigenvalue weighted by Gasteiger charge is -2.26. The number of ether oxygens (including phenoxy) is 1. The molecule has 2 aromatic rings. The second kappa shape index (κ2) is 11.1. The fraction of sp³-hybridized carbons (Fsp3) is 0.429. The van der Waals surface area contributed by atoms with Crippen molar-refractivity contribution in [2.24, 2.45) is 5.73 Å². The molecule has 0 unspecified atom stereocenters. The van der Waals surface area contributed by atoms with Gasteiger partial charge in [0.15, 0.2) is 0 Å². The molecule has 0 bridgehead atoms. The van der Waals surface area contributed by atoms with E-state index in [0.717, 1.165) is 60.0 Å². The van der Waals surface area contributed by atoms with Crippen molar-refractivity contribution in [3.8, 4) is 0 Å². The Morgan fingerprint density at radius 1 is 1.24 bits per heavy atom. The number of amides is 1. The molecule has 5 nitrogen and oxygen atoms in total. The van der Waals surface area contributed by atoms with E-state index < -0.39 is 5.91 Å². The number of rotatable bonds is 9. The summed E-state index contributed by atoms with van der Waals surface area (Å²) in [6.07, 6.45) is 2.33. The van der Waals surface area contributed by atoms with Gasteiger partial charge in [0.2, 0.25) is 5.91 Å². The minimum absolute atomic E-state index is 0. The third kappa shape index (κ3) is 6.27. The predicted molar refractivity (Wildman–Crippen MR) is 119 cm³/mol. The van der Waals surface area contributed by atoms with E-state index in [0.29, 0.717) is 17.0 Å². The number of hydrogen-bond donors (Lipinski definition) is 1. The number of nitrogens with zero attached hydrogens (tertiary/aromatic N) is 1. The van der Waals surface area contributed by atoms with Crippen LogP contribution in [0.4, 0.5) is 0 Å². The molecule has 1 amide bonds. The molecular formula is C21H26Cl2N2O3S. The molecule has 0 saturated carbocycles. The first kappa shape index (κ1) is 23.8. The zero-order valence-electron chi connectivity index (χ0n) is 16.4. The first-order valence-electron chi connectivity index (χ1n) is 9.38. The second-order valence-electron chi connectivity index (χ2n) is 7.06. The highest BCUT2D eigenvalue weighted by Crippen LogP contribution is 2.33. The summed E-state index contributed by atoms with van der Waals surface area (Å²) < 4.78 is 5.13. The number of ketones is 1. The first-order valence-corrected chi connectivity index (χ1v) is 10.6. The molecule has 158 valence electrons. The molecule has 8 heteroatoms. The summed E-state index contributed by atoms with van der Waals surface area (Å²) in [4.78, 5) is 29.0. The monoisotopic (exact) mass is 456 g/mol. The Kier molecular flexibility index (Phi) is 9.11. The van der Waals surface area contributed by atoms with Gasteiger partial charge in [-0.3, -0.25) is 14.5 Å². The van der Waals surface area contributed by atoms with Crippen LogP contribution in [0.15, 0.2) is 24.3 Å². The number of halogens is 2. The van der Waals surface area contributed by atoms with Crippen molar-refractivity contribution in [3.63, 3.8) is 0 Å². The van der Waals surface area contributed by atoms with Gasteiger partial charge in [-0.25, -0.2) is 0 Å². The third-order valence-corrected chi connectivity index (χ3v) is 6.42. The molecule has 1 aromatic carbocycles. The van der Waals surface area contributed by atoms with E-state index >= 15 is 0 Å². The number of Topliss-reactive ketones (excluding diaryl/α,β-unsaturated/α-hetero) is 1. The molecule has 2 N–H and O–H groups in total. The third-order valence-electron chi connectivity index (χ3n) is 4.95. The quantitative estimate of drug-likeness (QED) is 0.584. The SMILES string of the molecule is COCCCN1CCc2c(sc(CC(=O)Cc3ccc(Cl)cc3)c2C(N)=O)C1.Cl. The number of thiophene rings is 1. The molecular weight excluding hydrogens is 431 g/mol. The second-order valence-corrected chi connectivity index (χ2v) is 8.68. The molecule has 0 aliphatic carbocycles. The van der Waals surface area contributed by atoms with Crippen LogP contribution in [0.3, 0.4) is 0 Å². The van der Waals surface area contributed by atoms with Crippen LogP contribution in [0.1, 0.15) is 37.7 Å². The summed E-state index contributed by atoms with van der Waals surface area (Å²) >= 11 is 7.46. The fourth-order valence-corrected chi connectivity index (χ4v) is 5.18. The van der Waals surface area contributed by atoms with Crippen molar-refractivity contribution in [2.45, 2.75) is 32.2 Å². The number of methoxy groups -OCH3 is 1. The van der Waals surface area contributed by atoms with Gasteiger partial charge >= 0.3 is 0 Å². The summed E-state index contributed by atoms with van der Waals surface area (Å²) in [6.45, 7) is 3.40. The van der Waals surface area contributed by atoms with E-state index in [1.807, 2.05) is 12.1 Å². The molecule has 2 heterocycles. The highest BCUT2D eigenvalue weighted by atomic mass is 35.5. The minimum Gasteiger partial charge on any atom is -0.385 e. The van der Waals surface area contributed by atoms with Gasteiger partial charge in [0.1, 0.15) is 5.78 Å². The Balaban J connectivity index is 0.00000300. The van der Waals surface area contributed by atoms with Gasteiger partial charge in [0.05, 0.1) is 5.56 Å². The van der Waals surface area contributed by atoms with Crippen molar-refractivity contribution in [3.05, 3.63) is 55.7 Å². The van der Waals surface area contributed by atoms with E-state index in [4.69, 9.17) is 22.1 Å². The lowest BCUT2D eigenvalue weighted by molar-refractivity contribution is -0.117. The topological polar surface area (TPSA) is 72.6 Å². The summed E-state index contributed by atoms with van der Waals surface area (Å²) in [6, 6.07) is 7.27. The average molecular weight is 457 g/mol. The molecule has 0 atom stereocenters. The van der Waals surface area contributed by atoms with E-state index in [1.165, 1.54) is 0 Å². The van der Waals surface area contributed by atoms with Gasteiger partial charge in [0.25, 0.3) is 0 Å². The highest BCUT2D eigenvalue weighted by Gasteiger charge is 2.27. The molecule has 0 radical (unpaired) electrons. The highest BCUT2D eigenvalue weighted by molar-refractivity contribution is 7.12. The minimum atomic E-state index is -0.431. The largest absolute Gasteiger partial charge is 0.385 e. The van der Waals surface area contributed by atoms with Crippen LogP contribution in [0.2, 0.25) is 5.02 Å². The maximum atomic E-state index is 12.6. The standard InChI is InChI=1S/C21H25ClN2O3S.ClH/c1-27-10-2-8-24-9-7-17-19(13-24)28-18(20(17)21(23)26)12-16(25)11-14-3-5-15(22)6-4-14;/h3-6H,2,7-13H2,1H3,(H2,23,26);1H. The summed E-state index contributed by atoms with van der Waals surface area (Å²) in [7, 11) is 1.71. The lowest BCUT2D eigenvalue weighted by atomic mass is 9.98. The molecule has 1 aliphatic rings. The van der Waals surface area contributed by atoms with Crippen LogP contribution in [0, 0.1) is 0 Å². The van der Waals surface area contributed by atoms with Gasteiger partial charge in [-0.2, -0.15) is 0 Å². The Morgan fingerprint density at radius 2 is 1.97 bits per heavy atom. The summed E-state index contributed by atoms with van der Waals surface area (Å²) in [5.41, 5.74) is 8.20. The van der Waals surface area contributed by atoms with Crippen molar-refractivity contribution in [1.29, 1.82) is 0 Å². The number of hydrogen-bond acceptors (Lipinski definition) is 5.